The monoisotopic (exact) mass is 541 g/mol. The number of amides is 1. The molecule has 3 aromatic carbocycles. The SMILES string of the molecule is Cc1ccc(SCC(=O)Nc2sc3c(c2-c2nc4ccccc4s2)CCN(Cc2ccccc2)C3)cc1. The zero-order valence-corrected chi connectivity index (χ0v) is 23.0. The minimum Gasteiger partial charge on any atom is -0.316 e. The van der Waals surface area contributed by atoms with E-state index < -0.39 is 0 Å². The first-order chi connectivity index (χ1) is 18.1. The Morgan fingerprint density at radius 3 is 2.59 bits per heavy atom. The molecule has 0 bridgehead atoms. The highest BCUT2D eigenvalue weighted by molar-refractivity contribution is 8.00. The second-order valence-corrected chi connectivity index (χ2v) is 12.5. The first-order valence-corrected chi connectivity index (χ1v) is 15.0. The van der Waals surface area contributed by atoms with E-state index in [1.54, 1.807) is 34.4 Å². The second-order valence-electron chi connectivity index (χ2n) is 9.29. The number of rotatable bonds is 7. The maximum atomic E-state index is 13.1. The summed E-state index contributed by atoms with van der Waals surface area (Å²) in [6.07, 6.45) is 0.956. The van der Waals surface area contributed by atoms with Gasteiger partial charge >= 0.3 is 0 Å². The van der Waals surface area contributed by atoms with E-state index in [1.807, 2.05) is 6.07 Å². The number of anilines is 1. The third kappa shape index (κ3) is 5.50. The molecule has 7 heteroatoms. The van der Waals surface area contributed by atoms with Gasteiger partial charge in [0.25, 0.3) is 0 Å². The van der Waals surface area contributed by atoms with Crippen LogP contribution in [0.2, 0.25) is 0 Å². The number of thiophene rings is 1. The highest BCUT2D eigenvalue weighted by atomic mass is 32.2. The summed E-state index contributed by atoms with van der Waals surface area (Å²) in [5.41, 5.74) is 6.02. The standard InChI is InChI=1S/C30H27N3OS3/c1-20-11-13-22(14-12-20)35-19-27(34)32-30-28(29-31-24-9-5-6-10-25(24)36-29)23-15-16-33(18-26(23)37-30)17-21-7-3-2-4-8-21/h2-14H,15-19H2,1H3,(H,32,34). The van der Waals surface area contributed by atoms with Crippen LogP contribution in [-0.2, 0) is 24.3 Å². The first kappa shape index (κ1) is 24.4. The van der Waals surface area contributed by atoms with Crippen molar-refractivity contribution in [2.45, 2.75) is 31.3 Å². The molecule has 0 saturated heterocycles. The molecule has 37 heavy (non-hydrogen) atoms. The predicted molar refractivity (Wildman–Crippen MR) is 158 cm³/mol. The number of thiazole rings is 1. The number of aryl methyl sites for hydroxylation is 1. The molecule has 1 aliphatic heterocycles. The highest BCUT2D eigenvalue weighted by Gasteiger charge is 2.27. The summed E-state index contributed by atoms with van der Waals surface area (Å²) in [6.45, 7) is 4.89. The van der Waals surface area contributed by atoms with Crippen molar-refractivity contribution in [3.8, 4) is 10.6 Å². The minimum atomic E-state index is 0.0210. The molecule has 2 aromatic heterocycles. The smallest absolute Gasteiger partial charge is 0.235 e. The molecule has 0 unspecified atom stereocenters. The number of carbonyl (C=O) groups is 1. The molecule has 0 radical (unpaired) electrons. The van der Waals surface area contributed by atoms with Crippen LogP contribution < -0.4 is 5.32 Å². The molecule has 5 aromatic rings. The summed E-state index contributed by atoms with van der Waals surface area (Å²) in [7, 11) is 0. The minimum absolute atomic E-state index is 0.0210. The number of thioether (sulfide) groups is 1. The molecule has 1 N–H and O–H groups in total. The van der Waals surface area contributed by atoms with Crippen LogP contribution in [0, 0.1) is 6.92 Å². The summed E-state index contributed by atoms with van der Waals surface area (Å²) in [4.78, 5) is 23.0. The number of hydrogen-bond acceptors (Lipinski definition) is 6. The quantitative estimate of drug-likeness (QED) is 0.215. The summed E-state index contributed by atoms with van der Waals surface area (Å²) in [5.74, 6) is 0.401. The van der Waals surface area contributed by atoms with Crippen molar-refractivity contribution in [2.75, 3.05) is 17.6 Å². The van der Waals surface area contributed by atoms with E-state index in [-0.39, 0.29) is 5.91 Å². The Morgan fingerprint density at radius 1 is 1.00 bits per heavy atom. The number of benzene rings is 3. The van der Waals surface area contributed by atoms with Gasteiger partial charge in [0.15, 0.2) is 0 Å². The van der Waals surface area contributed by atoms with Gasteiger partial charge in [0.05, 0.1) is 16.0 Å². The number of para-hydroxylation sites is 1. The number of nitrogens with zero attached hydrogens (tertiary/aromatic N) is 2. The van der Waals surface area contributed by atoms with Gasteiger partial charge in [0.1, 0.15) is 10.0 Å². The Hall–Kier alpha value is -2.97. The fourth-order valence-corrected chi connectivity index (χ4v) is 7.79. The predicted octanol–water partition coefficient (Wildman–Crippen LogP) is 7.62. The van der Waals surface area contributed by atoms with Crippen molar-refractivity contribution >= 4 is 55.6 Å². The van der Waals surface area contributed by atoms with Gasteiger partial charge in [-0.2, -0.15) is 0 Å². The van der Waals surface area contributed by atoms with Crippen LogP contribution in [0.5, 0.6) is 0 Å². The Kier molecular flexibility index (Phi) is 7.11. The van der Waals surface area contributed by atoms with Crippen LogP contribution in [0.25, 0.3) is 20.8 Å². The van der Waals surface area contributed by atoms with Crippen molar-refractivity contribution in [3.05, 3.63) is 100 Å². The highest BCUT2D eigenvalue weighted by Crippen LogP contribution is 2.46. The van der Waals surface area contributed by atoms with E-state index in [2.05, 4.69) is 89.9 Å². The Morgan fingerprint density at radius 2 is 1.78 bits per heavy atom. The lowest BCUT2D eigenvalue weighted by atomic mass is 10.0. The van der Waals surface area contributed by atoms with Crippen molar-refractivity contribution in [1.82, 2.24) is 9.88 Å². The fourth-order valence-electron chi connectivity index (χ4n) is 4.67. The van der Waals surface area contributed by atoms with Gasteiger partial charge in [0.2, 0.25) is 5.91 Å². The van der Waals surface area contributed by atoms with Gasteiger partial charge in [0, 0.05) is 35.0 Å². The van der Waals surface area contributed by atoms with Crippen molar-refractivity contribution in [2.24, 2.45) is 0 Å². The molecule has 1 aliphatic rings. The van der Waals surface area contributed by atoms with Gasteiger partial charge in [-0.05, 0) is 48.7 Å². The first-order valence-electron chi connectivity index (χ1n) is 12.4. The number of hydrogen-bond donors (Lipinski definition) is 1. The molecule has 1 amide bonds. The van der Waals surface area contributed by atoms with Crippen molar-refractivity contribution in [1.29, 1.82) is 0 Å². The second kappa shape index (κ2) is 10.8. The zero-order valence-electron chi connectivity index (χ0n) is 20.6. The molecular weight excluding hydrogens is 515 g/mol. The average Bonchev–Trinajstić information content (AvgIpc) is 3.49. The van der Waals surface area contributed by atoms with Crippen molar-refractivity contribution in [3.63, 3.8) is 0 Å². The molecule has 4 nitrogen and oxygen atoms in total. The molecular formula is C30H27N3OS3. The Labute approximate surface area is 229 Å². The largest absolute Gasteiger partial charge is 0.316 e. The van der Waals surface area contributed by atoms with Crippen molar-refractivity contribution < 1.29 is 4.79 Å². The Balaban J connectivity index is 1.27. The fraction of sp³-hybridized carbons (Fsp3) is 0.200. The summed E-state index contributed by atoms with van der Waals surface area (Å²) < 4.78 is 1.17. The summed E-state index contributed by atoms with van der Waals surface area (Å²) in [6, 6.07) is 27.2. The molecule has 186 valence electrons. The van der Waals surface area contributed by atoms with Gasteiger partial charge in [-0.25, -0.2) is 4.98 Å². The summed E-state index contributed by atoms with van der Waals surface area (Å²) >= 11 is 5.00. The topological polar surface area (TPSA) is 45.2 Å². The molecule has 3 heterocycles. The van der Waals surface area contributed by atoms with Crippen LogP contribution in [-0.4, -0.2) is 28.1 Å². The van der Waals surface area contributed by atoms with E-state index in [4.69, 9.17) is 4.98 Å². The van der Waals surface area contributed by atoms with Crippen LogP contribution in [0.3, 0.4) is 0 Å². The average molecular weight is 542 g/mol. The molecule has 0 fully saturated rings. The zero-order chi connectivity index (χ0) is 25.2. The van der Waals surface area contributed by atoms with E-state index in [9.17, 15) is 4.79 Å². The normalized spacial score (nSPS) is 13.5. The van der Waals surface area contributed by atoms with E-state index >= 15 is 0 Å². The number of carbonyl (C=O) groups excluding carboxylic acids is 1. The van der Waals surface area contributed by atoms with Crippen LogP contribution in [0.4, 0.5) is 5.00 Å². The van der Waals surface area contributed by atoms with E-state index in [1.165, 1.54) is 26.3 Å². The van der Waals surface area contributed by atoms with Gasteiger partial charge in [-0.3, -0.25) is 9.69 Å². The third-order valence-electron chi connectivity index (χ3n) is 6.54. The number of fused-ring (bicyclic) bond motifs is 2. The maximum absolute atomic E-state index is 13.1. The van der Waals surface area contributed by atoms with E-state index in [0.29, 0.717) is 5.75 Å². The molecule has 0 spiro atoms. The Bertz CT molecular complexity index is 1510. The van der Waals surface area contributed by atoms with E-state index in [0.717, 1.165) is 52.0 Å². The molecule has 0 atom stereocenters. The number of nitrogens with one attached hydrogen (secondary N) is 1. The van der Waals surface area contributed by atoms with Crippen LogP contribution in [0.15, 0.2) is 83.8 Å². The molecule has 6 rings (SSSR count). The van der Waals surface area contributed by atoms with Gasteiger partial charge in [-0.15, -0.1) is 34.4 Å². The lowest BCUT2D eigenvalue weighted by Gasteiger charge is -2.27. The maximum Gasteiger partial charge on any atom is 0.235 e. The molecule has 0 aliphatic carbocycles. The lowest BCUT2D eigenvalue weighted by molar-refractivity contribution is -0.113. The van der Waals surface area contributed by atoms with Gasteiger partial charge in [-0.1, -0.05) is 60.2 Å². The summed E-state index contributed by atoms with van der Waals surface area (Å²) in [5, 5.41) is 5.19. The lowest BCUT2D eigenvalue weighted by Crippen LogP contribution is -2.29. The number of aromatic nitrogens is 1. The van der Waals surface area contributed by atoms with Gasteiger partial charge < -0.3 is 5.32 Å². The van der Waals surface area contributed by atoms with Crippen LogP contribution >= 0.6 is 34.4 Å². The molecule has 0 saturated carbocycles. The van der Waals surface area contributed by atoms with Crippen LogP contribution in [0.1, 0.15) is 21.6 Å². The third-order valence-corrected chi connectivity index (χ3v) is 9.73.